The van der Waals surface area contributed by atoms with Gasteiger partial charge in [-0.15, -0.1) is 0 Å². The van der Waals surface area contributed by atoms with Gasteiger partial charge in [0.25, 0.3) is 0 Å². The van der Waals surface area contributed by atoms with Crippen LogP contribution in [0.25, 0.3) is 5.57 Å². The number of anilines is 2. The number of nitrogens with zero attached hydrogens (tertiary/aromatic N) is 4. The molecule has 0 unspecified atom stereocenters. The number of aryl methyl sites for hydroxylation is 2. The van der Waals surface area contributed by atoms with Crippen LogP contribution in [-0.2, 0) is 22.0 Å². The van der Waals surface area contributed by atoms with Gasteiger partial charge >= 0.3 is 6.09 Å². The first kappa shape index (κ1) is 20.9. The van der Waals surface area contributed by atoms with Crippen LogP contribution < -0.4 is 16.0 Å². The van der Waals surface area contributed by atoms with E-state index in [1.165, 1.54) is 0 Å². The predicted molar refractivity (Wildman–Crippen MR) is 119 cm³/mol. The fourth-order valence-corrected chi connectivity index (χ4v) is 5.63. The summed E-state index contributed by atoms with van der Waals surface area (Å²) in [7, 11) is -1.15. The largest absolute Gasteiger partial charge is 0.447 e. The Labute approximate surface area is 188 Å². The highest BCUT2D eigenvalue weighted by Gasteiger charge is 2.40. The molecule has 1 aliphatic carbocycles. The van der Waals surface area contributed by atoms with Crippen LogP contribution in [0.4, 0.5) is 16.6 Å². The summed E-state index contributed by atoms with van der Waals surface area (Å²) < 4.78 is 23.3. The van der Waals surface area contributed by atoms with E-state index in [2.05, 4.69) is 21.3 Å². The van der Waals surface area contributed by atoms with Gasteiger partial charge in [0.2, 0.25) is 11.8 Å². The summed E-state index contributed by atoms with van der Waals surface area (Å²) in [5.74, 6) is 2.39. The number of rotatable bonds is 6. The van der Waals surface area contributed by atoms with Crippen molar-refractivity contribution in [2.75, 3.05) is 35.7 Å². The lowest BCUT2D eigenvalue weighted by Gasteiger charge is -2.42. The van der Waals surface area contributed by atoms with Crippen molar-refractivity contribution < 1.29 is 18.2 Å². The minimum absolute atomic E-state index is 0.161. The zero-order valence-corrected chi connectivity index (χ0v) is 18.7. The van der Waals surface area contributed by atoms with Gasteiger partial charge < -0.3 is 25.1 Å². The van der Waals surface area contributed by atoms with Crippen LogP contribution in [0.5, 0.6) is 0 Å². The molecule has 10 nitrogen and oxygen atoms in total. The lowest BCUT2D eigenvalue weighted by molar-refractivity contribution is 0.101. The van der Waals surface area contributed by atoms with E-state index >= 15 is 0 Å². The maximum Gasteiger partial charge on any atom is 0.404 e. The summed E-state index contributed by atoms with van der Waals surface area (Å²) in [6.07, 6.45) is 7.03. The summed E-state index contributed by atoms with van der Waals surface area (Å²) in [5, 5.41) is 3.45. The number of carbonyl (C=O) groups is 1. The van der Waals surface area contributed by atoms with Crippen molar-refractivity contribution in [2.24, 2.45) is 5.73 Å². The van der Waals surface area contributed by atoms with Gasteiger partial charge in [0.15, 0.2) is 0 Å². The first-order valence-corrected chi connectivity index (χ1v) is 12.1. The molecule has 2 aliphatic heterocycles. The molecule has 170 valence electrons. The third-order valence-corrected chi connectivity index (χ3v) is 7.71. The Kier molecular flexibility index (Phi) is 5.36. The molecule has 32 heavy (non-hydrogen) atoms. The SMILES string of the molecule is Cc1coc(C2=CCN(c3nc4c(c(NC5(COC(N)=O)CCC5)n3)[S@@](=O)CC4)CC2)n1. The lowest BCUT2D eigenvalue weighted by Crippen LogP contribution is -2.50. The second-order valence-electron chi connectivity index (χ2n) is 8.53. The Morgan fingerprint density at radius 3 is 2.81 bits per heavy atom. The van der Waals surface area contributed by atoms with E-state index in [4.69, 9.17) is 24.9 Å². The molecule has 4 heterocycles. The van der Waals surface area contributed by atoms with E-state index < -0.39 is 22.4 Å². The molecule has 0 radical (unpaired) electrons. The fraction of sp³-hybridized carbons (Fsp3) is 0.524. The van der Waals surface area contributed by atoms with Crippen LogP contribution in [0.15, 0.2) is 21.7 Å². The molecule has 2 aromatic heterocycles. The zero-order chi connectivity index (χ0) is 22.3. The molecule has 1 fully saturated rings. The van der Waals surface area contributed by atoms with E-state index in [1.54, 1.807) is 6.26 Å². The van der Waals surface area contributed by atoms with Gasteiger partial charge in [-0.3, -0.25) is 4.21 Å². The van der Waals surface area contributed by atoms with Crippen molar-refractivity contribution in [1.82, 2.24) is 15.0 Å². The second kappa shape index (κ2) is 8.19. The molecular weight excluding hydrogens is 432 g/mol. The Morgan fingerprint density at radius 1 is 1.34 bits per heavy atom. The van der Waals surface area contributed by atoms with Crippen LogP contribution in [0.2, 0.25) is 0 Å². The first-order valence-electron chi connectivity index (χ1n) is 10.8. The number of carbonyl (C=O) groups excluding carboxylic acids is 1. The molecule has 0 aromatic carbocycles. The molecule has 5 rings (SSSR count). The molecule has 0 spiro atoms. The van der Waals surface area contributed by atoms with Crippen LogP contribution in [-0.4, -0.2) is 56.2 Å². The molecule has 1 amide bonds. The summed E-state index contributed by atoms with van der Waals surface area (Å²) in [5.41, 5.74) is 7.50. The smallest absolute Gasteiger partial charge is 0.404 e. The van der Waals surface area contributed by atoms with Crippen molar-refractivity contribution in [2.45, 2.75) is 49.5 Å². The van der Waals surface area contributed by atoms with E-state index in [9.17, 15) is 9.00 Å². The summed E-state index contributed by atoms with van der Waals surface area (Å²) in [6, 6.07) is 0. The standard InChI is InChI=1S/C21H26N6O4S/c1-13-11-30-18(23-13)14-3-8-27(9-4-14)20-24-15-5-10-32(29)16(15)17(25-20)26-21(6-2-7-21)12-31-19(22)28/h3,11H,2,4-10,12H2,1H3,(H2,22,28)(H,24,25,26)/t32-/m0/s1. The van der Waals surface area contributed by atoms with Crippen molar-refractivity contribution in [3.05, 3.63) is 29.6 Å². The topological polar surface area (TPSA) is 136 Å². The Hall–Kier alpha value is -2.95. The Balaban J connectivity index is 1.41. The highest BCUT2D eigenvalue weighted by Crippen LogP contribution is 2.39. The van der Waals surface area contributed by atoms with E-state index in [1.807, 2.05) is 6.92 Å². The number of primary amides is 1. The van der Waals surface area contributed by atoms with Gasteiger partial charge in [-0.05, 0) is 32.6 Å². The highest BCUT2D eigenvalue weighted by atomic mass is 32.2. The molecule has 0 saturated heterocycles. The average molecular weight is 459 g/mol. The minimum Gasteiger partial charge on any atom is -0.447 e. The van der Waals surface area contributed by atoms with Gasteiger partial charge in [-0.25, -0.2) is 14.8 Å². The molecule has 3 N–H and O–H groups in total. The second-order valence-corrected chi connectivity index (χ2v) is 10.0. The third kappa shape index (κ3) is 3.96. The molecule has 3 aliphatic rings. The van der Waals surface area contributed by atoms with Gasteiger partial charge in [-0.1, -0.05) is 6.08 Å². The molecular formula is C21H26N6O4S. The van der Waals surface area contributed by atoms with Crippen molar-refractivity contribution in [3.8, 4) is 0 Å². The Morgan fingerprint density at radius 2 is 2.19 bits per heavy atom. The van der Waals surface area contributed by atoms with Crippen LogP contribution in [0.3, 0.4) is 0 Å². The predicted octanol–water partition coefficient (Wildman–Crippen LogP) is 2.16. The monoisotopic (exact) mass is 458 g/mol. The number of hydrogen-bond donors (Lipinski definition) is 2. The number of oxazole rings is 1. The molecule has 1 saturated carbocycles. The number of nitrogens with two attached hydrogens (primary N) is 1. The van der Waals surface area contributed by atoms with Crippen molar-refractivity contribution in [3.63, 3.8) is 0 Å². The lowest BCUT2D eigenvalue weighted by atomic mass is 9.77. The van der Waals surface area contributed by atoms with Gasteiger partial charge in [-0.2, -0.15) is 4.98 Å². The number of fused-ring (bicyclic) bond motifs is 1. The highest BCUT2D eigenvalue weighted by molar-refractivity contribution is 7.85. The maximum absolute atomic E-state index is 12.7. The number of hydrogen-bond acceptors (Lipinski definition) is 9. The summed E-state index contributed by atoms with van der Waals surface area (Å²) >= 11 is 0. The number of aromatic nitrogens is 3. The summed E-state index contributed by atoms with van der Waals surface area (Å²) in [4.78, 5) is 27.9. The number of amides is 1. The Bertz CT molecular complexity index is 1110. The number of ether oxygens (including phenoxy) is 1. The molecule has 2 aromatic rings. The fourth-order valence-electron chi connectivity index (χ4n) is 4.33. The minimum atomic E-state index is -1.15. The van der Waals surface area contributed by atoms with Gasteiger partial charge in [0, 0.05) is 30.8 Å². The van der Waals surface area contributed by atoms with Crippen LogP contribution in [0, 0.1) is 6.92 Å². The average Bonchev–Trinajstić information content (AvgIpc) is 3.35. The first-order chi connectivity index (χ1) is 15.4. The van der Waals surface area contributed by atoms with Crippen LogP contribution in [0.1, 0.15) is 43.0 Å². The normalized spacial score (nSPS) is 21.5. The van der Waals surface area contributed by atoms with E-state index in [0.29, 0.717) is 41.3 Å². The molecule has 1 atom stereocenters. The van der Waals surface area contributed by atoms with Gasteiger partial charge in [0.05, 0.1) is 27.7 Å². The van der Waals surface area contributed by atoms with E-state index in [-0.39, 0.29) is 6.61 Å². The van der Waals surface area contributed by atoms with Crippen LogP contribution >= 0.6 is 0 Å². The molecule has 0 bridgehead atoms. The van der Waals surface area contributed by atoms with Crippen molar-refractivity contribution in [1.29, 1.82) is 0 Å². The maximum atomic E-state index is 12.7. The zero-order valence-electron chi connectivity index (χ0n) is 17.9. The van der Waals surface area contributed by atoms with Crippen molar-refractivity contribution >= 4 is 34.2 Å². The third-order valence-electron chi connectivity index (χ3n) is 6.25. The summed E-state index contributed by atoms with van der Waals surface area (Å²) in [6.45, 7) is 3.43. The number of nitrogens with one attached hydrogen (secondary N) is 1. The molecule has 11 heteroatoms. The van der Waals surface area contributed by atoms with E-state index in [0.717, 1.165) is 49.2 Å². The van der Waals surface area contributed by atoms with Gasteiger partial charge in [0.1, 0.15) is 23.6 Å². The quantitative estimate of drug-likeness (QED) is 0.667.